The van der Waals surface area contributed by atoms with Gasteiger partial charge in [-0.1, -0.05) is 6.92 Å². The van der Waals surface area contributed by atoms with Gasteiger partial charge in [0.2, 0.25) is 0 Å². The van der Waals surface area contributed by atoms with E-state index < -0.39 is 0 Å². The van der Waals surface area contributed by atoms with Crippen molar-refractivity contribution in [1.82, 2.24) is 10.2 Å². The Morgan fingerprint density at radius 1 is 1.13 bits per heavy atom. The molecule has 0 aromatic heterocycles. The van der Waals surface area contributed by atoms with Gasteiger partial charge in [0, 0.05) is 12.6 Å². The van der Waals surface area contributed by atoms with E-state index in [1.807, 2.05) is 0 Å². The zero-order valence-electron chi connectivity index (χ0n) is 10.3. The van der Waals surface area contributed by atoms with Gasteiger partial charge in [-0.05, 0) is 64.1 Å². The number of nitrogens with zero attached hydrogens (tertiary/aromatic N) is 1. The number of nitrogens with one attached hydrogen (secondary N) is 1. The summed E-state index contributed by atoms with van der Waals surface area (Å²) in [6.07, 6.45) is 7.07. The Bertz CT molecular complexity index is 185. The van der Waals surface area contributed by atoms with Crippen LogP contribution >= 0.6 is 0 Å². The van der Waals surface area contributed by atoms with Gasteiger partial charge in [-0.3, -0.25) is 0 Å². The largest absolute Gasteiger partial charge is 0.314 e. The van der Waals surface area contributed by atoms with Crippen LogP contribution in [-0.4, -0.2) is 37.6 Å². The lowest BCUT2D eigenvalue weighted by Gasteiger charge is -2.28. The van der Waals surface area contributed by atoms with E-state index in [1.165, 1.54) is 51.7 Å². The summed E-state index contributed by atoms with van der Waals surface area (Å²) in [7, 11) is 2.24. The molecule has 2 rings (SSSR count). The Morgan fingerprint density at radius 2 is 1.87 bits per heavy atom. The van der Waals surface area contributed by atoms with Crippen LogP contribution < -0.4 is 5.32 Å². The Morgan fingerprint density at radius 3 is 2.47 bits per heavy atom. The zero-order valence-corrected chi connectivity index (χ0v) is 10.3. The molecule has 0 amide bonds. The van der Waals surface area contributed by atoms with Gasteiger partial charge in [-0.25, -0.2) is 0 Å². The first-order chi connectivity index (χ1) is 7.24. The predicted molar refractivity (Wildman–Crippen MR) is 65.0 cm³/mol. The van der Waals surface area contributed by atoms with E-state index in [0.29, 0.717) is 0 Å². The summed E-state index contributed by atoms with van der Waals surface area (Å²) >= 11 is 0. The van der Waals surface area contributed by atoms with E-state index in [0.717, 1.165) is 17.9 Å². The molecule has 1 atom stereocenters. The van der Waals surface area contributed by atoms with Crippen molar-refractivity contribution >= 4 is 0 Å². The second kappa shape index (κ2) is 5.31. The zero-order chi connectivity index (χ0) is 10.7. The van der Waals surface area contributed by atoms with Gasteiger partial charge in [0.25, 0.3) is 0 Å². The van der Waals surface area contributed by atoms with Crippen LogP contribution in [0.4, 0.5) is 0 Å². The highest BCUT2D eigenvalue weighted by Crippen LogP contribution is 2.24. The third-order valence-electron chi connectivity index (χ3n) is 4.20. The average molecular weight is 210 g/mol. The summed E-state index contributed by atoms with van der Waals surface area (Å²) in [5, 5.41) is 3.78. The Labute approximate surface area is 94.4 Å². The van der Waals surface area contributed by atoms with Crippen LogP contribution in [-0.2, 0) is 0 Å². The lowest BCUT2D eigenvalue weighted by atomic mass is 9.87. The number of likely N-dealkylation sites (tertiary alicyclic amines) is 1. The number of rotatable bonds is 3. The predicted octanol–water partition coefficient (Wildman–Crippen LogP) is 2.11. The minimum absolute atomic E-state index is 0.826. The van der Waals surface area contributed by atoms with Gasteiger partial charge in [-0.2, -0.15) is 0 Å². The van der Waals surface area contributed by atoms with Crippen LogP contribution in [0.5, 0.6) is 0 Å². The fraction of sp³-hybridized carbons (Fsp3) is 1.00. The van der Waals surface area contributed by atoms with Crippen molar-refractivity contribution in [3.63, 3.8) is 0 Å². The average Bonchev–Trinajstić information content (AvgIpc) is 2.64. The van der Waals surface area contributed by atoms with Crippen LogP contribution in [0, 0.1) is 11.8 Å². The fourth-order valence-electron chi connectivity index (χ4n) is 2.99. The summed E-state index contributed by atoms with van der Waals surface area (Å²) in [5.74, 6) is 1.88. The molecule has 0 spiro atoms. The third kappa shape index (κ3) is 3.46. The molecule has 1 saturated heterocycles. The number of hydrogen-bond acceptors (Lipinski definition) is 2. The van der Waals surface area contributed by atoms with Crippen molar-refractivity contribution in [2.75, 3.05) is 26.7 Å². The molecule has 1 N–H and O–H groups in total. The monoisotopic (exact) mass is 210 g/mol. The first-order valence-corrected chi connectivity index (χ1v) is 6.66. The minimum atomic E-state index is 0.826. The highest BCUT2D eigenvalue weighted by Gasteiger charge is 2.22. The van der Waals surface area contributed by atoms with Gasteiger partial charge in [0.1, 0.15) is 0 Å². The second-order valence-electron chi connectivity index (χ2n) is 5.78. The highest BCUT2D eigenvalue weighted by atomic mass is 15.1. The number of hydrogen-bond donors (Lipinski definition) is 1. The molecule has 2 fully saturated rings. The van der Waals surface area contributed by atoms with Crippen molar-refractivity contribution < 1.29 is 0 Å². The van der Waals surface area contributed by atoms with Crippen LogP contribution in [0.2, 0.25) is 0 Å². The molecule has 1 aliphatic heterocycles. The van der Waals surface area contributed by atoms with Crippen LogP contribution in [0.3, 0.4) is 0 Å². The molecule has 2 aliphatic rings. The molecule has 0 aromatic rings. The molecule has 0 aromatic carbocycles. The van der Waals surface area contributed by atoms with Gasteiger partial charge >= 0.3 is 0 Å². The molecular weight excluding hydrogens is 184 g/mol. The second-order valence-corrected chi connectivity index (χ2v) is 5.78. The van der Waals surface area contributed by atoms with Gasteiger partial charge in [0.15, 0.2) is 0 Å². The SMILES string of the molecule is CC1CCC(NCC2CCN(C)C2)CC1. The summed E-state index contributed by atoms with van der Waals surface area (Å²) < 4.78 is 0. The summed E-state index contributed by atoms with van der Waals surface area (Å²) in [5.41, 5.74) is 0. The van der Waals surface area contributed by atoms with E-state index in [-0.39, 0.29) is 0 Å². The van der Waals surface area contributed by atoms with E-state index in [1.54, 1.807) is 0 Å². The van der Waals surface area contributed by atoms with Crippen LogP contribution in [0.15, 0.2) is 0 Å². The smallest absolute Gasteiger partial charge is 0.00673 e. The molecule has 15 heavy (non-hydrogen) atoms. The third-order valence-corrected chi connectivity index (χ3v) is 4.20. The maximum Gasteiger partial charge on any atom is 0.00673 e. The van der Waals surface area contributed by atoms with Crippen molar-refractivity contribution in [2.24, 2.45) is 11.8 Å². The topological polar surface area (TPSA) is 15.3 Å². The normalized spacial score (nSPS) is 38.4. The molecule has 2 nitrogen and oxygen atoms in total. The van der Waals surface area contributed by atoms with E-state index in [9.17, 15) is 0 Å². The quantitative estimate of drug-likeness (QED) is 0.767. The summed E-state index contributed by atoms with van der Waals surface area (Å²) in [6.45, 7) is 6.25. The van der Waals surface area contributed by atoms with Crippen molar-refractivity contribution in [2.45, 2.75) is 45.1 Å². The van der Waals surface area contributed by atoms with E-state index >= 15 is 0 Å². The maximum atomic E-state index is 3.78. The molecule has 1 unspecified atom stereocenters. The van der Waals surface area contributed by atoms with Gasteiger partial charge in [-0.15, -0.1) is 0 Å². The fourth-order valence-corrected chi connectivity index (χ4v) is 2.99. The van der Waals surface area contributed by atoms with Gasteiger partial charge in [0.05, 0.1) is 0 Å². The lowest BCUT2D eigenvalue weighted by Crippen LogP contribution is -2.36. The highest BCUT2D eigenvalue weighted by molar-refractivity contribution is 4.79. The first-order valence-electron chi connectivity index (χ1n) is 6.66. The molecule has 2 heteroatoms. The van der Waals surface area contributed by atoms with E-state index in [2.05, 4.69) is 24.2 Å². The van der Waals surface area contributed by atoms with Gasteiger partial charge < -0.3 is 10.2 Å². The minimum Gasteiger partial charge on any atom is -0.314 e. The maximum absolute atomic E-state index is 3.78. The van der Waals surface area contributed by atoms with Crippen molar-refractivity contribution in [1.29, 1.82) is 0 Å². The van der Waals surface area contributed by atoms with Crippen LogP contribution in [0.25, 0.3) is 0 Å². The first kappa shape index (κ1) is 11.4. The molecule has 1 heterocycles. The molecule has 1 saturated carbocycles. The van der Waals surface area contributed by atoms with Crippen LogP contribution in [0.1, 0.15) is 39.0 Å². The molecule has 0 bridgehead atoms. The molecular formula is C13H26N2. The summed E-state index contributed by atoms with van der Waals surface area (Å²) in [4.78, 5) is 2.45. The Kier molecular flexibility index (Phi) is 4.04. The standard InChI is InChI=1S/C13H26N2/c1-11-3-5-13(6-4-11)14-9-12-7-8-15(2)10-12/h11-14H,3-10H2,1-2H3. The molecule has 88 valence electrons. The van der Waals surface area contributed by atoms with E-state index in [4.69, 9.17) is 0 Å². The Balaban J connectivity index is 1.61. The Hall–Kier alpha value is -0.0800. The van der Waals surface area contributed by atoms with Crippen molar-refractivity contribution in [3.05, 3.63) is 0 Å². The summed E-state index contributed by atoms with van der Waals surface area (Å²) in [6, 6.07) is 0.826. The van der Waals surface area contributed by atoms with Crippen molar-refractivity contribution in [3.8, 4) is 0 Å². The lowest BCUT2D eigenvalue weighted by molar-refractivity contribution is 0.293. The molecule has 0 radical (unpaired) electrons. The molecule has 1 aliphatic carbocycles.